The number of alkyl halides is 2. The van der Waals surface area contributed by atoms with Crippen LogP contribution in [0.5, 0.6) is 5.75 Å². The number of piperidine rings is 3. The van der Waals surface area contributed by atoms with Crippen molar-refractivity contribution in [2.24, 2.45) is 31.8 Å². The number of aliphatic hydroxyl groups is 1. The summed E-state index contributed by atoms with van der Waals surface area (Å²) in [5.41, 5.74) is 2.74. The molecule has 3 saturated heterocycles. The number of aryl methyl sites for hydroxylation is 2. The molecule has 63 heavy (non-hydrogen) atoms. The second kappa shape index (κ2) is 15.6. The number of ether oxygens (including phenoxy) is 1. The summed E-state index contributed by atoms with van der Waals surface area (Å²) in [6, 6.07) is 10.3. The molecule has 0 radical (unpaired) electrons. The molecule has 2 aromatic carbocycles. The van der Waals surface area contributed by atoms with Gasteiger partial charge in [0, 0.05) is 63.2 Å². The lowest BCUT2D eigenvalue weighted by atomic mass is 9.70. The summed E-state index contributed by atoms with van der Waals surface area (Å²) in [4.78, 5) is 51.7. The number of nitrogens with zero attached hydrogens (tertiary/aromatic N) is 7. The highest BCUT2D eigenvalue weighted by molar-refractivity contribution is 6.33. The van der Waals surface area contributed by atoms with Crippen molar-refractivity contribution in [2.45, 2.75) is 81.8 Å². The maximum atomic E-state index is 15.2. The van der Waals surface area contributed by atoms with Crippen molar-refractivity contribution < 1.29 is 28.2 Å². The summed E-state index contributed by atoms with van der Waals surface area (Å²) < 4.78 is 39.1. The van der Waals surface area contributed by atoms with E-state index in [-0.39, 0.29) is 41.0 Å². The maximum absolute atomic E-state index is 15.2. The van der Waals surface area contributed by atoms with Crippen molar-refractivity contribution in [1.29, 1.82) is 0 Å². The SMILES string of the molecule is Cn1nc(C2CCC(=O)NC2=O)c2cccc(N3CCC([C@@](C)(O)C4CCN(c5ncc(Cl)c(Nc6ccc7c(c6)c6c(c(=O)n7C)OCC(F)(F)[C@H](C7CC7)N6)n5)CC4)CC3)c21. The number of imide groups is 1. The molecule has 2 amide bonds. The fraction of sp³-hybridized carbons (Fsp3) is 0.511. The van der Waals surface area contributed by atoms with Gasteiger partial charge in [0.2, 0.25) is 23.5 Å². The normalized spacial score (nSPS) is 23.2. The average molecular weight is 885 g/mol. The minimum atomic E-state index is -3.15. The molecular formula is C45H51ClF2N10O5. The Labute approximate surface area is 367 Å². The van der Waals surface area contributed by atoms with E-state index in [1.165, 1.54) is 4.57 Å². The van der Waals surface area contributed by atoms with Gasteiger partial charge >= 0.3 is 5.92 Å². The highest BCUT2D eigenvalue weighted by Crippen LogP contribution is 2.46. The molecule has 4 fully saturated rings. The van der Waals surface area contributed by atoms with Crippen LogP contribution in [0, 0.1) is 17.8 Å². The number of halogens is 3. The van der Waals surface area contributed by atoms with E-state index in [2.05, 4.69) is 36.8 Å². The minimum Gasteiger partial charge on any atom is -0.480 e. The molecule has 4 aliphatic heterocycles. The number of amides is 2. The molecule has 1 unspecified atom stereocenters. The number of nitrogens with one attached hydrogen (secondary N) is 3. The van der Waals surface area contributed by atoms with E-state index in [0.29, 0.717) is 77.8 Å². The lowest BCUT2D eigenvalue weighted by Crippen LogP contribution is -2.51. The quantitative estimate of drug-likeness (QED) is 0.130. The highest BCUT2D eigenvalue weighted by Gasteiger charge is 2.51. The molecule has 332 valence electrons. The molecule has 10 rings (SSSR count). The number of carbonyl (C=O) groups excluding carboxylic acids is 2. The Bertz CT molecular complexity index is 2700. The number of anilines is 5. The summed E-state index contributed by atoms with van der Waals surface area (Å²) in [6.45, 7) is 3.95. The van der Waals surface area contributed by atoms with Gasteiger partial charge in [-0.15, -0.1) is 0 Å². The van der Waals surface area contributed by atoms with Crippen molar-refractivity contribution >= 4 is 74.0 Å². The van der Waals surface area contributed by atoms with Gasteiger partial charge in [-0.3, -0.25) is 24.4 Å². The summed E-state index contributed by atoms with van der Waals surface area (Å²) in [5.74, 6) is -3.43. The lowest BCUT2D eigenvalue weighted by molar-refractivity contribution is -0.134. The van der Waals surface area contributed by atoms with Gasteiger partial charge in [-0.25, -0.2) is 13.8 Å². The third-order valence-corrected chi connectivity index (χ3v) is 14.6. The van der Waals surface area contributed by atoms with E-state index in [4.69, 9.17) is 26.4 Å². The van der Waals surface area contributed by atoms with Crippen molar-refractivity contribution in [1.82, 2.24) is 29.6 Å². The van der Waals surface area contributed by atoms with E-state index < -0.39 is 35.6 Å². The number of para-hydroxylation sites is 1. The first-order valence-corrected chi connectivity index (χ1v) is 22.3. The van der Waals surface area contributed by atoms with Crippen LogP contribution in [0.4, 0.5) is 37.6 Å². The second-order valence-electron chi connectivity index (χ2n) is 18.2. The first-order chi connectivity index (χ1) is 30.2. The molecule has 5 aliphatic rings. The number of hydrogen-bond donors (Lipinski definition) is 4. The topological polar surface area (TPSA) is 172 Å². The van der Waals surface area contributed by atoms with Crippen LogP contribution in [-0.2, 0) is 23.7 Å². The molecular weight excluding hydrogens is 834 g/mol. The number of rotatable bonds is 8. The number of fused-ring (bicyclic) bond motifs is 4. The summed E-state index contributed by atoms with van der Waals surface area (Å²) in [7, 11) is 3.49. The van der Waals surface area contributed by atoms with Crippen LogP contribution in [-0.4, -0.2) is 91.6 Å². The van der Waals surface area contributed by atoms with Crippen molar-refractivity contribution in [3.8, 4) is 5.75 Å². The number of benzene rings is 2. The zero-order valence-corrected chi connectivity index (χ0v) is 36.2. The van der Waals surface area contributed by atoms with Crippen LogP contribution >= 0.6 is 11.6 Å². The summed E-state index contributed by atoms with van der Waals surface area (Å²) in [6.07, 6.45) is 6.81. The number of carbonyl (C=O) groups is 2. The molecule has 7 heterocycles. The van der Waals surface area contributed by atoms with E-state index in [0.717, 1.165) is 55.4 Å². The molecule has 0 bridgehead atoms. The zero-order chi connectivity index (χ0) is 43.9. The molecule has 4 N–H and O–H groups in total. The molecule has 5 aromatic rings. The Hall–Kier alpha value is -5.55. The fourth-order valence-corrected chi connectivity index (χ4v) is 10.7. The fourth-order valence-electron chi connectivity index (χ4n) is 10.5. The smallest absolute Gasteiger partial charge is 0.301 e. The van der Waals surface area contributed by atoms with Gasteiger partial charge in [-0.05, 0) is 93.9 Å². The number of hydrogen-bond acceptors (Lipinski definition) is 12. The monoisotopic (exact) mass is 884 g/mol. The first kappa shape index (κ1) is 41.5. The molecule has 0 spiro atoms. The standard InChI is InChI=1S/C45H51ClF2N10O5/c1-44(62,25-13-17-57(18-14-25)33-6-4-5-28-35(54-56(3)37(28)33)29-10-12-34(59)51-41(29)60)26-15-19-58(20-16-26)43-49-22-31(46)40(53-43)50-27-9-11-32-30(21-27)36-38(42(61)55(32)2)63-23-45(47,48)39(52-36)24-7-8-24/h4-6,9,11,21-22,24-26,29,39,52,62H,7-8,10,12-20,23H2,1-3H3,(H,49,50,53)(H,51,59,60)/t29?,39-,44+/m0/s1. The zero-order valence-electron chi connectivity index (χ0n) is 35.5. The second-order valence-corrected chi connectivity index (χ2v) is 18.6. The van der Waals surface area contributed by atoms with Gasteiger partial charge < -0.3 is 34.8 Å². The Balaban J connectivity index is 0.803. The molecule has 3 aromatic heterocycles. The van der Waals surface area contributed by atoms with Gasteiger partial charge in [-0.1, -0.05) is 23.7 Å². The largest absolute Gasteiger partial charge is 0.480 e. The predicted molar refractivity (Wildman–Crippen MR) is 236 cm³/mol. The molecule has 3 atom stereocenters. The average Bonchev–Trinajstić information content (AvgIpc) is 4.08. The Morgan fingerprint density at radius 3 is 2.37 bits per heavy atom. The van der Waals surface area contributed by atoms with Gasteiger partial charge in [0.15, 0.2) is 12.4 Å². The van der Waals surface area contributed by atoms with E-state index >= 15 is 8.78 Å². The molecule has 1 aliphatic carbocycles. The van der Waals surface area contributed by atoms with Crippen LogP contribution in [0.1, 0.15) is 69.9 Å². The highest BCUT2D eigenvalue weighted by atomic mass is 35.5. The lowest BCUT2D eigenvalue weighted by Gasteiger charge is -2.46. The van der Waals surface area contributed by atoms with Crippen molar-refractivity contribution in [2.75, 3.05) is 53.2 Å². The van der Waals surface area contributed by atoms with Crippen LogP contribution in [0.3, 0.4) is 0 Å². The minimum absolute atomic E-state index is 0.0764. The third-order valence-electron chi connectivity index (χ3n) is 14.3. The molecule has 18 heteroatoms. The van der Waals surface area contributed by atoms with Crippen molar-refractivity contribution in [3.05, 3.63) is 63.7 Å². The first-order valence-electron chi connectivity index (χ1n) is 21.9. The predicted octanol–water partition coefficient (Wildman–Crippen LogP) is 6.23. The van der Waals surface area contributed by atoms with Crippen molar-refractivity contribution in [3.63, 3.8) is 0 Å². The Morgan fingerprint density at radius 1 is 0.952 bits per heavy atom. The van der Waals surface area contributed by atoms with Crippen LogP contribution in [0.2, 0.25) is 5.02 Å². The van der Waals surface area contributed by atoms with E-state index in [1.807, 2.05) is 30.8 Å². The summed E-state index contributed by atoms with van der Waals surface area (Å²) >= 11 is 6.64. The van der Waals surface area contributed by atoms with E-state index in [1.54, 1.807) is 31.4 Å². The molecule has 15 nitrogen and oxygen atoms in total. The van der Waals surface area contributed by atoms with Gasteiger partial charge in [0.25, 0.3) is 5.56 Å². The Kier molecular flexibility index (Phi) is 10.3. The summed E-state index contributed by atoms with van der Waals surface area (Å²) in [5, 5.41) is 27.5. The Morgan fingerprint density at radius 2 is 1.67 bits per heavy atom. The van der Waals surface area contributed by atoms with Crippen LogP contribution < -0.4 is 36.0 Å². The van der Waals surface area contributed by atoms with Crippen LogP contribution in [0.25, 0.3) is 21.8 Å². The maximum Gasteiger partial charge on any atom is 0.301 e. The van der Waals surface area contributed by atoms with Gasteiger partial charge in [0.05, 0.1) is 51.9 Å². The number of pyridine rings is 1. The third kappa shape index (κ3) is 7.39. The van der Waals surface area contributed by atoms with Crippen LogP contribution in [0.15, 0.2) is 47.4 Å². The van der Waals surface area contributed by atoms with E-state index in [9.17, 15) is 19.5 Å². The number of aromatic nitrogens is 5. The van der Waals surface area contributed by atoms with Gasteiger partial charge in [0.1, 0.15) is 5.02 Å². The van der Waals surface area contributed by atoms with Gasteiger partial charge in [-0.2, -0.15) is 10.1 Å². The molecule has 1 saturated carbocycles.